The third-order valence-corrected chi connectivity index (χ3v) is 8.31. The number of alkyl halides is 2. The lowest BCUT2D eigenvalue weighted by atomic mass is 9.76. The zero-order valence-electron chi connectivity index (χ0n) is 22.0. The van der Waals surface area contributed by atoms with Crippen molar-refractivity contribution in [2.24, 2.45) is 27.2 Å². The van der Waals surface area contributed by atoms with Crippen molar-refractivity contribution in [3.63, 3.8) is 0 Å². The van der Waals surface area contributed by atoms with E-state index in [-0.39, 0.29) is 24.2 Å². The lowest BCUT2D eigenvalue weighted by molar-refractivity contribution is -0.0997. The van der Waals surface area contributed by atoms with Gasteiger partial charge in [0, 0.05) is 54.2 Å². The molecule has 3 nitrogen and oxygen atoms in total. The van der Waals surface area contributed by atoms with Crippen molar-refractivity contribution in [2.45, 2.75) is 97.3 Å². The predicted octanol–water partition coefficient (Wildman–Crippen LogP) is 8.24. The highest BCUT2D eigenvalue weighted by Crippen LogP contribution is 2.50. The van der Waals surface area contributed by atoms with Gasteiger partial charge in [0.05, 0.1) is 6.54 Å². The van der Waals surface area contributed by atoms with Gasteiger partial charge in [0.25, 0.3) is 0 Å². The minimum Gasteiger partial charge on any atom is -0.345 e. The summed E-state index contributed by atoms with van der Waals surface area (Å²) >= 11 is 0. The Kier molecular flexibility index (Phi) is 8.12. The molecule has 0 N–H and O–H groups in total. The standard InChI is InChI=1S/C30H43F2N3/c1-5-9-23-11-8-12-26(16-23)35(22(4)25-18-30(31,32)19-25)21-24-13-15-29(17-24,14-7-3)27-20-33-28(34-27)10-6-2/h8,11-12,16,24-25H,4-7,9-10,13-15,17-21H2,1-3H3. The Hall–Kier alpha value is -2.04. The lowest BCUT2D eigenvalue weighted by Gasteiger charge is -2.41. The lowest BCUT2D eigenvalue weighted by Crippen LogP contribution is -2.42. The van der Waals surface area contributed by atoms with Crippen molar-refractivity contribution in [1.82, 2.24) is 0 Å². The Morgan fingerprint density at radius 1 is 1.09 bits per heavy atom. The summed E-state index contributed by atoms with van der Waals surface area (Å²) in [5.74, 6) is -1.16. The van der Waals surface area contributed by atoms with Gasteiger partial charge < -0.3 is 4.90 Å². The first-order valence-electron chi connectivity index (χ1n) is 13.8. The molecule has 1 aromatic carbocycles. The van der Waals surface area contributed by atoms with Crippen molar-refractivity contribution < 1.29 is 8.78 Å². The molecular weight excluding hydrogens is 440 g/mol. The molecule has 0 radical (unpaired) electrons. The number of allylic oxidation sites excluding steroid dienone is 1. The van der Waals surface area contributed by atoms with Gasteiger partial charge in [-0.3, -0.25) is 4.99 Å². The molecule has 0 spiro atoms. The van der Waals surface area contributed by atoms with E-state index in [1.807, 2.05) is 0 Å². The summed E-state index contributed by atoms with van der Waals surface area (Å²) in [6.07, 6.45) is 9.69. The number of aryl methyl sites for hydroxylation is 1. The van der Waals surface area contributed by atoms with Gasteiger partial charge in [-0.2, -0.15) is 0 Å². The number of hydrogen-bond acceptors (Lipinski definition) is 3. The van der Waals surface area contributed by atoms with E-state index in [1.165, 1.54) is 11.3 Å². The van der Waals surface area contributed by atoms with E-state index in [4.69, 9.17) is 9.98 Å². The van der Waals surface area contributed by atoms with E-state index >= 15 is 0 Å². The van der Waals surface area contributed by atoms with Gasteiger partial charge in [0.1, 0.15) is 5.84 Å². The SMILES string of the molecule is C=C(C1CC(F)(F)C1)N(CC1CCC(CCC)(C2=NC(CCC)=NC2)C1)c1cccc(CCC)c1. The summed E-state index contributed by atoms with van der Waals surface area (Å²) < 4.78 is 27.5. The third kappa shape index (κ3) is 5.86. The number of anilines is 1. The number of benzene rings is 1. The van der Waals surface area contributed by atoms with Crippen molar-refractivity contribution in [3.05, 3.63) is 42.1 Å². The van der Waals surface area contributed by atoms with Crippen molar-refractivity contribution >= 4 is 17.2 Å². The van der Waals surface area contributed by atoms with Gasteiger partial charge in [-0.05, 0) is 62.1 Å². The first-order chi connectivity index (χ1) is 16.8. The fourth-order valence-electron chi connectivity index (χ4n) is 6.47. The van der Waals surface area contributed by atoms with E-state index in [9.17, 15) is 8.78 Å². The van der Waals surface area contributed by atoms with Crippen molar-refractivity contribution in [1.29, 1.82) is 0 Å². The monoisotopic (exact) mass is 483 g/mol. The summed E-state index contributed by atoms with van der Waals surface area (Å²) in [6, 6.07) is 8.64. The molecule has 35 heavy (non-hydrogen) atoms. The maximum absolute atomic E-state index is 13.7. The summed E-state index contributed by atoms with van der Waals surface area (Å²) in [5.41, 5.74) is 4.70. The third-order valence-electron chi connectivity index (χ3n) is 8.31. The molecule has 4 rings (SSSR count). The average molecular weight is 484 g/mol. The van der Waals surface area contributed by atoms with Gasteiger partial charge in [0.15, 0.2) is 0 Å². The molecule has 2 unspecified atom stereocenters. The normalized spacial score (nSPS) is 25.8. The predicted molar refractivity (Wildman–Crippen MR) is 144 cm³/mol. The maximum atomic E-state index is 13.7. The van der Waals surface area contributed by atoms with Crippen LogP contribution in [0.2, 0.25) is 0 Å². The first kappa shape index (κ1) is 26.0. The molecule has 2 fully saturated rings. The fraction of sp³-hybridized carbons (Fsp3) is 0.667. The molecule has 0 saturated heterocycles. The van der Waals surface area contributed by atoms with Crippen LogP contribution in [0.5, 0.6) is 0 Å². The van der Waals surface area contributed by atoms with E-state index in [0.29, 0.717) is 5.92 Å². The molecule has 1 heterocycles. The highest BCUT2D eigenvalue weighted by molar-refractivity contribution is 6.06. The van der Waals surface area contributed by atoms with Gasteiger partial charge in [0.2, 0.25) is 5.92 Å². The number of halogens is 2. The van der Waals surface area contributed by atoms with Crippen LogP contribution in [0.15, 0.2) is 46.5 Å². The van der Waals surface area contributed by atoms with E-state index in [0.717, 1.165) is 88.1 Å². The molecular formula is C30H43F2N3. The summed E-state index contributed by atoms with van der Waals surface area (Å²) in [5, 5.41) is 0. The number of hydrogen-bond donors (Lipinski definition) is 0. The van der Waals surface area contributed by atoms with Crippen LogP contribution in [0.1, 0.15) is 90.5 Å². The van der Waals surface area contributed by atoms with Crippen LogP contribution in [-0.2, 0) is 6.42 Å². The molecule has 1 aromatic rings. The van der Waals surface area contributed by atoms with E-state index in [2.05, 4.69) is 56.5 Å². The van der Waals surface area contributed by atoms with Crippen molar-refractivity contribution in [2.75, 3.05) is 18.0 Å². The topological polar surface area (TPSA) is 28.0 Å². The first-order valence-corrected chi connectivity index (χ1v) is 13.8. The minimum absolute atomic E-state index is 0.0736. The second-order valence-electron chi connectivity index (χ2n) is 11.2. The van der Waals surface area contributed by atoms with Crippen LogP contribution < -0.4 is 4.90 Å². The van der Waals surface area contributed by atoms with Crippen LogP contribution in [0.25, 0.3) is 0 Å². The Morgan fingerprint density at radius 2 is 1.86 bits per heavy atom. The zero-order valence-corrected chi connectivity index (χ0v) is 22.0. The van der Waals surface area contributed by atoms with Gasteiger partial charge >= 0.3 is 0 Å². The van der Waals surface area contributed by atoms with Gasteiger partial charge in [-0.15, -0.1) is 0 Å². The summed E-state index contributed by atoms with van der Waals surface area (Å²) in [6.45, 7) is 12.6. The molecule has 5 heteroatoms. The van der Waals surface area contributed by atoms with Crippen LogP contribution in [-0.4, -0.2) is 30.6 Å². The number of aliphatic imine (C=N–C) groups is 2. The Balaban J connectivity index is 1.53. The molecule has 192 valence electrons. The Morgan fingerprint density at radius 3 is 2.54 bits per heavy atom. The second kappa shape index (κ2) is 10.9. The molecule has 3 aliphatic rings. The van der Waals surface area contributed by atoms with Gasteiger partial charge in [-0.25, -0.2) is 13.8 Å². The van der Waals surface area contributed by atoms with E-state index < -0.39 is 5.92 Å². The van der Waals surface area contributed by atoms with Crippen LogP contribution in [0, 0.1) is 17.3 Å². The largest absolute Gasteiger partial charge is 0.345 e. The van der Waals surface area contributed by atoms with Gasteiger partial charge in [-0.1, -0.05) is 52.3 Å². The van der Waals surface area contributed by atoms with Crippen LogP contribution >= 0.6 is 0 Å². The van der Waals surface area contributed by atoms with Crippen LogP contribution in [0.3, 0.4) is 0 Å². The average Bonchev–Trinajstić information content (AvgIpc) is 3.44. The molecule has 0 bridgehead atoms. The second-order valence-corrected chi connectivity index (χ2v) is 11.2. The molecule has 2 aliphatic carbocycles. The number of rotatable bonds is 12. The number of nitrogens with zero attached hydrogens (tertiary/aromatic N) is 3. The molecule has 2 atom stereocenters. The smallest absolute Gasteiger partial charge is 0.249 e. The van der Waals surface area contributed by atoms with E-state index in [1.54, 1.807) is 0 Å². The van der Waals surface area contributed by atoms with Crippen molar-refractivity contribution in [3.8, 4) is 0 Å². The fourth-order valence-corrected chi connectivity index (χ4v) is 6.47. The summed E-state index contributed by atoms with van der Waals surface area (Å²) in [4.78, 5) is 12.0. The van der Waals surface area contributed by atoms with Crippen LogP contribution in [0.4, 0.5) is 14.5 Å². The molecule has 0 aromatic heterocycles. The summed E-state index contributed by atoms with van der Waals surface area (Å²) in [7, 11) is 0. The molecule has 1 aliphatic heterocycles. The Labute approximate surface area is 210 Å². The zero-order chi connectivity index (χ0) is 25.1. The molecule has 2 saturated carbocycles. The highest BCUT2D eigenvalue weighted by atomic mass is 19.3. The number of amidine groups is 1. The molecule has 0 amide bonds. The highest BCUT2D eigenvalue weighted by Gasteiger charge is 2.48. The minimum atomic E-state index is -2.54. The Bertz CT molecular complexity index is 958. The maximum Gasteiger partial charge on any atom is 0.249 e. The quantitative estimate of drug-likeness (QED) is 0.294.